The molecule has 64 valence electrons. The predicted octanol–water partition coefficient (Wildman–Crippen LogP) is -1.36. The van der Waals surface area contributed by atoms with Crippen LogP contribution >= 0.6 is 0 Å². The predicted molar refractivity (Wildman–Crippen MR) is 42.7 cm³/mol. The second-order valence-corrected chi connectivity index (χ2v) is 2.79. The monoisotopic (exact) mass is 158 g/mol. The van der Waals surface area contributed by atoms with Crippen LogP contribution in [0.25, 0.3) is 0 Å². The van der Waals surface area contributed by atoms with Gasteiger partial charge in [-0.3, -0.25) is 0 Å². The molecule has 1 heterocycles. The number of likely N-dealkylation sites (N-methyl/N-ethyl adjacent to an activating group) is 1. The summed E-state index contributed by atoms with van der Waals surface area (Å²) < 4.78 is 0. The largest absolute Gasteiger partial charge is 0.409 e. The number of rotatable bonds is 1. The highest BCUT2D eigenvalue weighted by molar-refractivity contribution is 5.85. The Hall–Kier alpha value is -0.810. The fourth-order valence-electron chi connectivity index (χ4n) is 1.16. The van der Waals surface area contributed by atoms with E-state index in [1.165, 1.54) is 0 Å². The average molecular weight is 158 g/mol. The summed E-state index contributed by atoms with van der Waals surface area (Å²) in [5.41, 5.74) is 5.42. The third-order valence-electron chi connectivity index (χ3n) is 1.85. The van der Waals surface area contributed by atoms with Gasteiger partial charge in [0.2, 0.25) is 0 Å². The van der Waals surface area contributed by atoms with E-state index in [1.807, 2.05) is 7.05 Å². The summed E-state index contributed by atoms with van der Waals surface area (Å²) in [6.45, 7) is 2.70. The van der Waals surface area contributed by atoms with Crippen molar-refractivity contribution >= 4 is 5.84 Å². The van der Waals surface area contributed by atoms with Gasteiger partial charge in [0.05, 0.1) is 6.04 Å². The number of hydrogen-bond donors (Lipinski definition) is 3. The van der Waals surface area contributed by atoms with Crippen molar-refractivity contribution in [3.8, 4) is 0 Å². The van der Waals surface area contributed by atoms with E-state index >= 15 is 0 Å². The van der Waals surface area contributed by atoms with E-state index in [2.05, 4.69) is 15.4 Å². The Bertz CT molecular complexity index is 159. The molecule has 0 saturated carbocycles. The fraction of sp³-hybridized carbons (Fsp3) is 0.833. The molecule has 5 heteroatoms. The third kappa shape index (κ3) is 2.06. The first kappa shape index (κ1) is 8.29. The lowest BCUT2D eigenvalue weighted by atomic mass is 10.2. The van der Waals surface area contributed by atoms with Crippen LogP contribution in [-0.2, 0) is 0 Å². The van der Waals surface area contributed by atoms with Crippen molar-refractivity contribution in [3.63, 3.8) is 0 Å². The number of hydrogen-bond acceptors (Lipinski definition) is 4. The maximum Gasteiger partial charge on any atom is 0.157 e. The Balaban J connectivity index is 2.46. The zero-order chi connectivity index (χ0) is 8.27. The number of nitrogens with two attached hydrogens (primary N) is 1. The highest BCUT2D eigenvalue weighted by atomic mass is 16.4. The van der Waals surface area contributed by atoms with Crippen LogP contribution in [0.1, 0.15) is 0 Å². The summed E-state index contributed by atoms with van der Waals surface area (Å²) in [5.74, 6) is 0.261. The smallest absolute Gasteiger partial charge is 0.157 e. The van der Waals surface area contributed by atoms with Gasteiger partial charge in [-0.2, -0.15) is 0 Å². The van der Waals surface area contributed by atoms with Gasteiger partial charge in [0.1, 0.15) is 0 Å². The Morgan fingerprint density at radius 1 is 1.82 bits per heavy atom. The summed E-state index contributed by atoms with van der Waals surface area (Å²) in [4.78, 5) is 2.14. The molecule has 0 aromatic rings. The van der Waals surface area contributed by atoms with Crippen LogP contribution < -0.4 is 11.1 Å². The number of piperazine rings is 1. The Labute approximate surface area is 65.9 Å². The van der Waals surface area contributed by atoms with Crippen molar-refractivity contribution < 1.29 is 5.21 Å². The van der Waals surface area contributed by atoms with Crippen molar-refractivity contribution in [2.75, 3.05) is 26.7 Å². The summed E-state index contributed by atoms with van der Waals surface area (Å²) >= 11 is 0. The maximum absolute atomic E-state index is 8.38. The second kappa shape index (κ2) is 3.54. The molecule has 0 bridgehead atoms. The number of nitrogens with one attached hydrogen (secondary N) is 1. The van der Waals surface area contributed by atoms with E-state index < -0.39 is 0 Å². The van der Waals surface area contributed by atoms with Crippen LogP contribution in [0.5, 0.6) is 0 Å². The lowest BCUT2D eigenvalue weighted by molar-refractivity contribution is 0.260. The summed E-state index contributed by atoms with van der Waals surface area (Å²) in [6.07, 6.45) is 0. The van der Waals surface area contributed by atoms with E-state index in [0.717, 1.165) is 19.6 Å². The third-order valence-corrected chi connectivity index (χ3v) is 1.85. The Morgan fingerprint density at radius 3 is 3.09 bits per heavy atom. The zero-order valence-electron chi connectivity index (χ0n) is 6.62. The van der Waals surface area contributed by atoms with E-state index in [-0.39, 0.29) is 11.9 Å². The van der Waals surface area contributed by atoms with Crippen LogP contribution in [0, 0.1) is 0 Å². The summed E-state index contributed by atoms with van der Waals surface area (Å²) in [7, 11) is 2.01. The van der Waals surface area contributed by atoms with Crippen LogP contribution in [0.15, 0.2) is 5.16 Å². The van der Waals surface area contributed by atoms with Gasteiger partial charge in [0.25, 0.3) is 0 Å². The molecule has 1 unspecified atom stereocenters. The summed E-state index contributed by atoms with van der Waals surface area (Å²) in [5, 5.41) is 14.5. The highest BCUT2D eigenvalue weighted by Crippen LogP contribution is 1.95. The molecule has 1 aliphatic rings. The molecule has 11 heavy (non-hydrogen) atoms. The molecule has 5 nitrogen and oxygen atoms in total. The topological polar surface area (TPSA) is 73.9 Å². The van der Waals surface area contributed by atoms with Crippen LogP contribution in [-0.4, -0.2) is 48.7 Å². The van der Waals surface area contributed by atoms with Crippen LogP contribution in [0.3, 0.4) is 0 Å². The molecular weight excluding hydrogens is 144 g/mol. The van der Waals surface area contributed by atoms with Gasteiger partial charge in [-0.1, -0.05) is 5.16 Å². The first-order valence-electron chi connectivity index (χ1n) is 3.63. The van der Waals surface area contributed by atoms with Gasteiger partial charge in [-0.15, -0.1) is 0 Å². The van der Waals surface area contributed by atoms with E-state index in [1.54, 1.807) is 0 Å². The fourth-order valence-corrected chi connectivity index (χ4v) is 1.16. The quantitative estimate of drug-likeness (QED) is 0.191. The molecule has 0 aliphatic carbocycles. The first-order valence-corrected chi connectivity index (χ1v) is 3.63. The SMILES string of the molecule is CN1CCNC(/C(N)=N/O)C1. The molecule has 1 aliphatic heterocycles. The van der Waals surface area contributed by atoms with Crippen molar-refractivity contribution in [1.29, 1.82) is 0 Å². The molecule has 1 saturated heterocycles. The van der Waals surface area contributed by atoms with Gasteiger partial charge in [0.15, 0.2) is 5.84 Å². The van der Waals surface area contributed by atoms with Gasteiger partial charge in [-0.25, -0.2) is 0 Å². The average Bonchev–Trinajstić information content (AvgIpc) is 2.03. The molecule has 0 aromatic heterocycles. The molecule has 0 spiro atoms. The molecule has 0 aromatic carbocycles. The Morgan fingerprint density at radius 2 is 2.55 bits per heavy atom. The maximum atomic E-state index is 8.38. The van der Waals surface area contributed by atoms with Crippen LogP contribution in [0.2, 0.25) is 0 Å². The number of nitrogens with zero attached hydrogens (tertiary/aromatic N) is 2. The molecule has 0 radical (unpaired) electrons. The van der Waals surface area contributed by atoms with Crippen molar-refractivity contribution in [1.82, 2.24) is 10.2 Å². The van der Waals surface area contributed by atoms with Gasteiger partial charge < -0.3 is 21.2 Å². The Kier molecular flexibility index (Phi) is 2.67. The van der Waals surface area contributed by atoms with E-state index in [4.69, 9.17) is 10.9 Å². The molecule has 1 atom stereocenters. The molecule has 1 fully saturated rings. The lowest BCUT2D eigenvalue weighted by Crippen LogP contribution is -2.55. The standard InChI is InChI=1S/C6H14N4O/c1-10-3-2-8-5(4-10)6(7)9-11/h5,8,11H,2-4H2,1H3,(H2,7,9). The van der Waals surface area contributed by atoms with Gasteiger partial charge >= 0.3 is 0 Å². The number of oxime groups is 1. The molecular formula is C6H14N4O. The molecule has 1 rings (SSSR count). The number of amidine groups is 1. The molecule has 0 amide bonds. The minimum atomic E-state index is -0.00116. The van der Waals surface area contributed by atoms with E-state index in [0.29, 0.717) is 0 Å². The zero-order valence-corrected chi connectivity index (χ0v) is 6.62. The van der Waals surface area contributed by atoms with Crippen molar-refractivity contribution in [3.05, 3.63) is 0 Å². The second-order valence-electron chi connectivity index (χ2n) is 2.79. The van der Waals surface area contributed by atoms with Crippen LogP contribution in [0.4, 0.5) is 0 Å². The minimum Gasteiger partial charge on any atom is -0.409 e. The lowest BCUT2D eigenvalue weighted by Gasteiger charge is -2.29. The van der Waals surface area contributed by atoms with Gasteiger partial charge in [-0.05, 0) is 7.05 Å². The normalized spacial score (nSPS) is 28.8. The summed E-state index contributed by atoms with van der Waals surface area (Å²) in [6, 6.07) is -0.00116. The van der Waals surface area contributed by atoms with E-state index in [9.17, 15) is 0 Å². The highest BCUT2D eigenvalue weighted by Gasteiger charge is 2.19. The minimum absolute atomic E-state index is 0.00116. The van der Waals surface area contributed by atoms with Crippen molar-refractivity contribution in [2.24, 2.45) is 10.9 Å². The van der Waals surface area contributed by atoms with Crippen molar-refractivity contribution in [2.45, 2.75) is 6.04 Å². The molecule has 4 N–H and O–H groups in total. The first-order chi connectivity index (χ1) is 5.24. The van der Waals surface area contributed by atoms with Gasteiger partial charge in [0, 0.05) is 19.6 Å².